The molecule has 0 saturated heterocycles. The highest BCUT2D eigenvalue weighted by atomic mass is 32.1. The van der Waals surface area contributed by atoms with Crippen molar-refractivity contribution in [2.45, 2.75) is 26.8 Å². The predicted molar refractivity (Wildman–Crippen MR) is 84.3 cm³/mol. The van der Waals surface area contributed by atoms with Gasteiger partial charge in [-0.2, -0.15) is 0 Å². The lowest BCUT2D eigenvalue weighted by atomic mass is 10.1. The van der Waals surface area contributed by atoms with Crippen LogP contribution in [0.15, 0.2) is 22.9 Å². The smallest absolute Gasteiger partial charge is 0.315 e. The first-order valence-electron chi connectivity index (χ1n) is 6.58. The Morgan fingerprint density at radius 1 is 1.40 bits per heavy atom. The largest absolute Gasteiger partial charge is 0.338 e. The molecule has 0 saturated carbocycles. The molecule has 20 heavy (non-hydrogen) atoms. The number of thiophene rings is 1. The molecule has 0 aliphatic heterocycles. The Bertz CT molecular complexity index is 536. The van der Waals surface area contributed by atoms with Crippen molar-refractivity contribution in [3.05, 3.63) is 38.5 Å². The van der Waals surface area contributed by atoms with Crippen LogP contribution in [-0.2, 0) is 13.0 Å². The van der Waals surface area contributed by atoms with Crippen LogP contribution >= 0.6 is 22.7 Å². The molecular formula is C14H19N3OS2. The van der Waals surface area contributed by atoms with Crippen LogP contribution in [0, 0.1) is 12.8 Å². The van der Waals surface area contributed by atoms with Crippen molar-refractivity contribution in [1.82, 2.24) is 15.6 Å². The van der Waals surface area contributed by atoms with Crippen molar-refractivity contribution in [2.24, 2.45) is 5.92 Å². The zero-order chi connectivity index (χ0) is 14.4. The molecule has 0 fully saturated rings. The molecule has 0 spiro atoms. The minimum absolute atomic E-state index is 0.129. The number of aryl methyl sites for hydroxylation is 1. The molecule has 6 heteroatoms. The molecule has 108 valence electrons. The summed E-state index contributed by atoms with van der Waals surface area (Å²) in [6.45, 7) is 5.26. The zero-order valence-corrected chi connectivity index (χ0v) is 13.3. The number of thiazole rings is 1. The number of rotatable bonds is 6. The van der Waals surface area contributed by atoms with Gasteiger partial charge in [0.15, 0.2) is 0 Å². The van der Waals surface area contributed by atoms with Crippen LogP contribution in [0.25, 0.3) is 0 Å². The third kappa shape index (κ3) is 4.94. The van der Waals surface area contributed by atoms with E-state index in [0.717, 1.165) is 17.1 Å². The fourth-order valence-electron chi connectivity index (χ4n) is 1.81. The highest BCUT2D eigenvalue weighted by Gasteiger charge is 2.07. The number of urea groups is 1. The van der Waals surface area contributed by atoms with Gasteiger partial charge in [-0.1, -0.05) is 13.0 Å². The average molecular weight is 309 g/mol. The maximum atomic E-state index is 11.7. The number of carbonyl (C=O) groups is 1. The van der Waals surface area contributed by atoms with Crippen LogP contribution in [0.3, 0.4) is 0 Å². The topological polar surface area (TPSA) is 54.0 Å². The number of aromatic nitrogens is 1. The third-order valence-corrected chi connectivity index (χ3v) is 4.67. The van der Waals surface area contributed by atoms with Gasteiger partial charge in [0.1, 0.15) is 5.01 Å². The number of nitrogens with one attached hydrogen (secondary N) is 2. The molecule has 0 unspecified atom stereocenters. The van der Waals surface area contributed by atoms with Gasteiger partial charge in [0.25, 0.3) is 0 Å². The summed E-state index contributed by atoms with van der Waals surface area (Å²) in [5.74, 6) is 0.432. The first-order valence-corrected chi connectivity index (χ1v) is 8.34. The summed E-state index contributed by atoms with van der Waals surface area (Å²) >= 11 is 3.33. The van der Waals surface area contributed by atoms with Gasteiger partial charge in [-0.25, -0.2) is 9.78 Å². The quantitative estimate of drug-likeness (QED) is 0.861. The molecule has 2 heterocycles. The average Bonchev–Trinajstić information content (AvgIpc) is 3.05. The predicted octanol–water partition coefficient (Wildman–Crippen LogP) is 3.19. The Balaban J connectivity index is 1.64. The van der Waals surface area contributed by atoms with E-state index in [1.165, 1.54) is 4.88 Å². The normalized spacial score (nSPS) is 12.1. The molecule has 2 amide bonds. The van der Waals surface area contributed by atoms with E-state index in [-0.39, 0.29) is 6.03 Å². The van der Waals surface area contributed by atoms with Crippen LogP contribution in [-0.4, -0.2) is 17.6 Å². The Morgan fingerprint density at radius 3 is 2.90 bits per heavy atom. The van der Waals surface area contributed by atoms with Crippen LogP contribution in [0.5, 0.6) is 0 Å². The van der Waals surface area contributed by atoms with Crippen molar-refractivity contribution >= 4 is 28.7 Å². The highest BCUT2D eigenvalue weighted by Crippen LogP contribution is 2.13. The van der Waals surface area contributed by atoms with E-state index in [9.17, 15) is 4.79 Å². The van der Waals surface area contributed by atoms with Crippen molar-refractivity contribution in [3.63, 3.8) is 0 Å². The molecule has 4 nitrogen and oxygen atoms in total. The monoisotopic (exact) mass is 309 g/mol. The van der Waals surface area contributed by atoms with Gasteiger partial charge in [-0.15, -0.1) is 22.7 Å². The second-order valence-corrected chi connectivity index (χ2v) is 6.81. The second-order valence-electron chi connectivity index (χ2n) is 4.83. The Morgan fingerprint density at radius 2 is 2.25 bits per heavy atom. The lowest BCUT2D eigenvalue weighted by Gasteiger charge is -2.12. The molecule has 1 atom stereocenters. The highest BCUT2D eigenvalue weighted by molar-refractivity contribution is 7.10. The molecule has 0 radical (unpaired) electrons. The number of carbonyl (C=O) groups excluding carboxylic acids is 1. The minimum Gasteiger partial charge on any atom is -0.338 e. The van der Waals surface area contributed by atoms with Gasteiger partial charge in [0, 0.05) is 22.5 Å². The maximum absolute atomic E-state index is 11.7. The van der Waals surface area contributed by atoms with Crippen LogP contribution in [0.2, 0.25) is 0 Å². The molecule has 2 N–H and O–H groups in total. The summed E-state index contributed by atoms with van der Waals surface area (Å²) in [7, 11) is 0. The summed E-state index contributed by atoms with van der Waals surface area (Å²) < 4.78 is 0. The molecule has 2 rings (SSSR count). The number of nitrogens with zero attached hydrogens (tertiary/aromatic N) is 1. The van der Waals surface area contributed by atoms with E-state index in [1.54, 1.807) is 22.7 Å². The summed E-state index contributed by atoms with van der Waals surface area (Å²) in [6.07, 6.45) is 1.00. The lowest BCUT2D eigenvalue weighted by Crippen LogP contribution is -2.37. The standard InChI is InChI=1S/C14H19N3OS2/c1-10(6-12-4-3-5-19-12)7-15-14(18)16-8-13-17-11(2)9-20-13/h3-5,9-10H,6-8H2,1-2H3,(H2,15,16,18)/t10-/m1/s1. The molecule has 2 aromatic rings. The second kappa shape index (κ2) is 7.40. The maximum Gasteiger partial charge on any atom is 0.315 e. The van der Waals surface area contributed by atoms with Gasteiger partial charge in [-0.05, 0) is 30.7 Å². The lowest BCUT2D eigenvalue weighted by molar-refractivity contribution is 0.239. The SMILES string of the molecule is Cc1csc(CNC(=O)NC[C@H](C)Cc2cccs2)n1. The summed E-state index contributed by atoms with van der Waals surface area (Å²) in [5.41, 5.74) is 0.997. The first-order chi connectivity index (χ1) is 9.63. The van der Waals surface area contributed by atoms with E-state index in [4.69, 9.17) is 0 Å². The fourth-order valence-corrected chi connectivity index (χ4v) is 3.39. The Hall–Kier alpha value is -1.40. The first kappa shape index (κ1) is 15.0. The van der Waals surface area contributed by atoms with Gasteiger partial charge < -0.3 is 10.6 Å². The van der Waals surface area contributed by atoms with Crippen molar-refractivity contribution in [2.75, 3.05) is 6.54 Å². The zero-order valence-electron chi connectivity index (χ0n) is 11.7. The van der Waals surface area contributed by atoms with Crippen molar-refractivity contribution in [1.29, 1.82) is 0 Å². The Labute approximate surface area is 127 Å². The number of hydrogen-bond acceptors (Lipinski definition) is 4. The molecular weight excluding hydrogens is 290 g/mol. The van der Waals surface area contributed by atoms with E-state index >= 15 is 0 Å². The van der Waals surface area contributed by atoms with E-state index in [1.807, 2.05) is 12.3 Å². The van der Waals surface area contributed by atoms with Crippen LogP contribution in [0.4, 0.5) is 4.79 Å². The van der Waals surface area contributed by atoms with Gasteiger partial charge in [0.05, 0.1) is 6.54 Å². The Kier molecular flexibility index (Phi) is 5.55. The fraction of sp³-hybridized carbons (Fsp3) is 0.429. The van der Waals surface area contributed by atoms with Crippen LogP contribution < -0.4 is 10.6 Å². The summed E-state index contributed by atoms with van der Waals surface area (Å²) in [6, 6.07) is 4.06. The van der Waals surface area contributed by atoms with Gasteiger partial charge >= 0.3 is 6.03 Å². The molecule has 0 aromatic carbocycles. The number of amides is 2. The van der Waals surface area contributed by atoms with Crippen molar-refractivity contribution in [3.8, 4) is 0 Å². The van der Waals surface area contributed by atoms with E-state index in [2.05, 4.69) is 40.1 Å². The summed E-state index contributed by atoms with van der Waals surface area (Å²) in [4.78, 5) is 17.4. The molecule has 0 aliphatic rings. The van der Waals surface area contributed by atoms with E-state index in [0.29, 0.717) is 19.0 Å². The van der Waals surface area contributed by atoms with Gasteiger partial charge in [-0.3, -0.25) is 0 Å². The summed E-state index contributed by atoms with van der Waals surface area (Å²) in [5, 5.41) is 10.7. The molecule has 0 bridgehead atoms. The van der Waals surface area contributed by atoms with E-state index < -0.39 is 0 Å². The van der Waals surface area contributed by atoms with Crippen molar-refractivity contribution < 1.29 is 4.79 Å². The molecule has 0 aliphatic carbocycles. The number of hydrogen-bond donors (Lipinski definition) is 2. The van der Waals surface area contributed by atoms with Gasteiger partial charge in [0.2, 0.25) is 0 Å². The third-order valence-electron chi connectivity index (χ3n) is 2.81. The minimum atomic E-state index is -0.129. The van der Waals surface area contributed by atoms with Crippen LogP contribution in [0.1, 0.15) is 22.5 Å². The molecule has 2 aromatic heterocycles.